The lowest BCUT2D eigenvalue weighted by molar-refractivity contribution is -0.136. The highest BCUT2D eigenvalue weighted by atomic mass is 32.1. The number of nitrogens with zero attached hydrogens (tertiary/aromatic N) is 2. The van der Waals surface area contributed by atoms with Crippen molar-refractivity contribution in [2.45, 2.75) is 51.5 Å². The van der Waals surface area contributed by atoms with Gasteiger partial charge in [-0.15, -0.1) is 11.3 Å². The molecule has 1 aliphatic carbocycles. The van der Waals surface area contributed by atoms with Crippen molar-refractivity contribution in [2.24, 2.45) is 5.92 Å². The Morgan fingerprint density at radius 1 is 1.33 bits per heavy atom. The first-order chi connectivity index (χ1) is 8.75. The molecule has 1 amide bonds. The summed E-state index contributed by atoms with van der Waals surface area (Å²) in [5.41, 5.74) is 1.08. The Hall–Kier alpha value is -0.900. The van der Waals surface area contributed by atoms with Gasteiger partial charge in [-0.25, -0.2) is 4.98 Å². The molecule has 0 radical (unpaired) electrons. The van der Waals surface area contributed by atoms with Gasteiger partial charge in [0.15, 0.2) is 0 Å². The van der Waals surface area contributed by atoms with Crippen molar-refractivity contribution in [3.8, 4) is 0 Å². The Labute approximate surface area is 112 Å². The molecule has 1 aromatic heterocycles. The SMILES string of the molecule is Cc1csc([C@H]2CCCN2C(=O)C2CCCC2)n1. The summed E-state index contributed by atoms with van der Waals surface area (Å²) >= 11 is 1.71. The molecule has 0 aromatic carbocycles. The Morgan fingerprint density at radius 3 is 2.78 bits per heavy atom. The second-order valence-electron chi connectivity index (χ2n) is 5.50. The maximum Gasteiger partial charge on any atom is 0.226 e. The topological polar surface area (TPSA) is 33.2 Å². The van der Waals surface area contributed by atoms with Gasteiger partial charge in [0.2, 0.25) is 5.91 Å². The molecular formula is C14H20N2OS. The lowest BCUT2D eigenvalue weighted by Gasteiger charge is -2.26. The number of hydrogen-bond donors (Lipinski definition) is 0. The number of aromatic nitrogens is 1. The van der Waals surface area contributed by atoms with Gasteiger partial charge in [0.1, 0.15) is 5.01 Å². The van der Waals surface area contributed by atoms with Crippen molar-refractivity contribution in [2.75, 3.05) is 6.54 Å². The zero-order chi connectivity index (χ0) is 12.5. The average molecular weight is 264 g/mol. The molecule has 0 bridgehead atoms. The lowest BCUT2D eigenvalue weighted by atomic mass is 10.1. The van der Waals surface area contributed by atoms with E-state index in [2.05, 4.69) is 15.3 Å². The van der Waals surface area contributed by atoms with Crippen LogP contribution in [0.4, 0.5) is 0 Å². The van der Waals surface area contributed by atoms with E-state index >= 15 is 0 Å². The molecule has 2 fully saturated rings. The number of aryl methyl sites for hydroxylation is 1. The first-order valence-electron chi connectivity index (χ1n) is 6.98. The summed E-state index contributed by atoms with van der Waals surface area (Å²) in [6, 6.07) is 0.261. The Kier molecular flexibility index (Phi) is 3.37. The highest BCUT2D eigenvalue weighted by Gasteiger charge is 2.36. The van der Waals surface area contributed by atoms with Gasteiger partial charge in [-0.1, -0.05) is 12.8 Å². The molecule has 0 N–H and O–H groups in total. The average Bonchev–Trinajstić information content (AvgIpc) is 3.09. The summed E-state index contributed by atoms with van der Waals surface area (Å²) in [5, 5.41) is 3.22. The largest absolute Gasteiger partial charge is 0.333 e. The lowest BCUT2D eigenvalue weighted by Crippen LogP contribution is -2.34. The molecule has 18 heavy (non-hydrogen) atoms. The van der Waals surface area contributed by atoms with Crippen molar-refractivity contribution >= 4 is 17.2 Å². The van der Waals surface area contributed by atoms with E-state index in [1.54, 1.807) is 11.3 Å². The normalized spacial score (nSPS) is 24.9. The minimum Gasteiger partial charge on any atom is -0.333 e. The smallest absolute Gasteiger partial charge is 0.226 e. The maximum atomic E-state index is 12.5. The van der Waals surface area contributed by atoms with Gasteiger partial charge in [-0.2, -0.15) is 0 Å². The highest BCUT2D eigenvalue weighted by molar-refractivity contribution is 7.09. The van der Waals surface area contributed by atoms with Crippen LogP contribution in [0, 0.1) is 12.8 Å². The van der Waals surface area contributed by atoms with E-state index in [1.807, 2.05) is 6.92 Å². The van der Waals surface area contributed by atoms with Gasteiger partial charge >= 0.3 is 0 Å². The van der Waals surface area contributed by atoms with Crippen LogP contribution < -0.4 is 0 Å². The highest BCUT2D eigenvalue weighted by Crippen LogP contribution is 2.37. The standard InChI is InChI=1S/C14H20N2OS/c1-10-9-18-13(15-10)12-7-4-8-16(12)14(17)11-5-2-3-6-11/h9,11-12H,2-8H2,1H3/t12-/m1/s1. The van der Waals surface area contributed by atoms with Crippen LogP contribution in [0.25, 0.3) is 0 Å². The van der Waals surface area contributed by atoms with Crippen LogP contribution in [-0.4, -0.2) is 22.3 Å². The fourth-order valence-electron chi connectivity index (χ4n) is 3.22. The van der Waals surface area contributed by atoms with Crippen LogP contribution in [0.1, 0.15) is 55.3 Å². The molecular weight excluding hydrogens is 244 g/mol. The van der Waals surface area contributed by atoms with E-state index < -0.39 is 0 Å². The van der Waals surface area contributed by atoms with Gasteiger partial charge in [-0.3, -0.25) is 4.79 Å². The first-order valence-corrected chi connectivity index (χ1v) is 7.86. The molecule has 3 nitrogen and oxygen atoms in total. The first kappa shape index (κ1) is 12.2. The monoisotopic (exact) mass is 264 g/mol. The Morgan fingerprint density at radius 2 is 2.11 bits per heavy atom. The predicted octanol–water partition coefficient (Wildman–Crippen LogP) is 3.31. The molecule has 1 aromatic rings. The minimum absolute atomic E-state index is 0.261. The van der Waals surface area contributed by atoms with E-state index in [-0.39, 0.29) is 6.04 Å². The summed E-state index contributed by atoms with van der Waals surface area (Å²) in [5.74, 6) is 0.689. The Balaban J connectivity index is 1.76. The fraction of sp³-hybridized carbons (Fsp3) is 0.714. The molecule has 1 saturated carbocycles. The molecule has 2 heterocycles. The van der Waals surface area contributed by atoms with Crippen molar-refractivity contribution in [1.29, 1.82) is 0 Å². The summed E-state index contributed by atoms with van der Waals surface area (Å²) in [6.45, 7) is 2.96. The number of carbonyl (C=O) groups excluding carboxylic acids is 1. The Bertz CT molecular complexity index is 437. The van der Waals surface area contributed by atoms with E-state index in [4.69, 9.17) is 0 Å². The van der Waals surface area contributed by atoms with Crippen LogP contribution in [0.15, 0.2) is 5.38 Å². The van der Waals surface area contributed by atoms with Crippen LogP contribution in [0.2, 0.25) is 0 Å². The number of carbonyl (C=O) groups is 1. The van der Waals surface area contributed by atoms with Crippen molar-refractivity contribution in [1.82, 2.24) is 9.88 Å². The molecule has 2 aliphatic rings. The van der Waals surface area contributed by atoms with E-state index in [1.165, 1.54) is 12.8 Å². The molecule has 1 atom stereocenters. The molecule has 4 heteroatoms. The number of rotatable bonds is 2. The van der Waals surface area contributed by atoms with Crippen molar-refractivity contribution in [3.05, 3.63) is 16.1 Å². The fourth-order valence-corrected chi connectivity index (χ4v) is 4.16. The molecule has 1 saturated heterocycles. The third-order valence-electron chi connectivity index (χ3n) is 4.16. The number of hydrogen-bond acceptors (Lipinski definition) is 3. The molecule has 98 valence electrons. The third kappa shape index (κ3) is 2.18. The van der Waals surface area contributed by atoms with Crippen molar-refractivity contribution < 1.29 is 4.79 Å². The number of amides is 1. The molecule has 3 rings (SSSR count). The zero-order valence-corrected chi connectivity index (χ0v) is 11.7. The quantitative estimate of drug-likeness (QED) is 0.821. The van der Waals surface area contributed by atoms with Crippen LogP contribution in [0.3, 0.4) is 0 Å². The third-order valence-corrected chi connectivity index (χ3v) is 5.23. The van der Waals surface area contributed by atoms with Crippen LogP contribution >= 0.6 is 11.3 Å². The second kappa shape index (κ2) is 5.00. The predicted molar refractivity (Wildman–Crippen MR) is 72.5 cm³/mol. The van der Waals surface area contributed by atoms with Gasteiger partial charge in [0, 0.05) is 23.5 Å². The molecule has 0 unspecified atom stereocenters. The van der Waals surface area contributed by atoms with E-state index in [0.717, 1.165) is 42.9 Å². The van der Waals surface area contributed by atoms with Gasteiger partial charge in [0.05, 0.1) is 6.04 Å². The second-order valence-corrected chi connectivity index (χ2v) is 6.39. The van der Waals surface area contributed by atoms with Crippen LogP contribution in [-0.2, 0) is 4.79 Å². The zero-order valence-electron chi connectivity index (χ0n) is 10.9. The van der Waals surface area contributed by atoms with Gasteiger partial charge < -0.3 is 4.90 Å². The van der Waals surface area contributed by atoms with Crippen molar-refractivity contribution in [3.63, 3.8) is 0 Å². The summed E-state index contributed by atoms with van der Waals surface area (Å²) in [6.07, 6.45) is 6.86. The summed E-state index contributed by atoms with van der Waals surface area (Å²) < 4.78 is 0. The molecule has 0 spiro atoms. The van der Waals surface area contributed by atoms with Gasteiger partial charge in [0.25, 0.3) is 0 Å². The number of thiazole rings is 1. The maximum absolute atomic E-state index is 12.5. The summed E-state index contributed by atoms with van der Waals surface area (Å²) in [7, 11) is 0. The minimum atomic E-state index is 0.261. The van der Waals surface area contributed by atoms with Gasteiger partial charge in [-0.05, 0) is 32.6 Å². The molecule has 1 aliphatic heterocycles. The summed E-state index contributed by atoms with van der Waals surface area (Å²) in [4.78, 5) is 19.2. The van der Waals surface area contributed by atoms with Crippen LogP contribution in [0.5, 0.6) is 0 Å². The van der Waals surface area contributed by atoms with E-state index in [0.29, 0.717) is 11.8 Å². The van der Waals surface area contributed by atoms with E-state index in [9.17, 15) is 4.79 Å². The number of likely N-dealkylation sites (tertiary alicyclic amines) is 1.